The molecule has 0 radical (unpaired) electrons. The smallest absolute Gasteiger partial charge is 0.122 e. The van der Waals surface area contributed by atoms with Crippen LogP contribution in [0.15, 0.2) is 0 Å². The summed E-state index contributed by atoms with van der Waals surface area (Å²) in [6.45, 7) is 0.858. The first-order chi connectivity index (χ1) is 4.77. The minimum atomic E-state index is 0. The maximum absolute atomic E-state index is 10.2. The summed E-state index contributed by atoms with van der Waals surface area (Å²) in [5.74, 6) is 0. The summed E-state index contributed by atoms with van der Waals surface area (Å²) in [6, 6.07) is 0. The molecular weight excluding hydrogens is 144 g/mol. The average molecular weight is 158 g/mol. The number of hydrogen-bond acceptors (Lipinski definition) is 2. The van der Waals surface area contributed by atoms with Gasteiger partial charge in [0.15, 0.2) is 0 Å². The minimum absolute atomic E-state index is 0. The van der Waals surface area contributed by atoms with E-state index in [1.807, 2.05) is 0 Å². The Bertz CT molecular complexity index is 119. The van der Waals surface area contributed by atoms with Crippen LogP contribution in [0.3, 0.4) is 0 Å². The molecule has 10 heavy (non-hydrogen) atoms. The number of ether oxygens (including phenoxy) is 1. The molecular formula is C7H14O2Si. The Morgan fingerprint density at radius 3 is 2.90 bits per heavy atom. The molecule has 1 unspecified atom stereocenters. The lowest BCUT2D eigenvalue weighted by molar-refractivity contribution is -0.113. The summed E-state index contributed by atoms with van der Waals surface area (Å²) in [7, 11) is 0.986. The van der Waals surface area contributed by atoms with E-state index in [2.05, 4.69) is 0 Å². The second kappa shape index (κ2) is 3.30. The van der Waals surface area contributed by atoms with E-state index in [1.165, 1.54) is 12.8 Å². The van der Waals surface area contributed by atoms with Crippen molar-refractivity contribution in [3.05, 3.63) is 0 Å². The lowest BCUT2D eigenvalue weighted by Gasteiger charge is -2.32. The summed E-state index contributed by atoms with van der Waals surface area (Å²) in [4.78, 5) is 10.2. The topological polar surface area (TPSA) is 26.3 Å². The third-order valence-corrected chi connectivity index (χ3v) is 3.26. The van der Waals surface area contributed by atoms with Crippen molar-refractivity contribution in [3.63, 3.8) is 0 Å². The van der Waals surface area contributed by atoms with Gasteiger partial charge in [-0.05, 0) is 19.3 Å². The first kappa shape index (κ1) is 7.95. The van der Waals surface area contributed by atoms with Gasteiger partial charge in [-0.1, -0.05) is 0 Å². The van der Waals surface area contributed by atoms with E-state index < -0.39 is 0 Å². The van der Waals surface area contributed by atoms with Crippen molar-refractivity contribution in [1.29, 1.82) is 0 Å². The first-order valence-corrected chi connectivity index (χ1v) is 4.84. The standard InChI is InChI=1S/C7H14O2Si/c8-5-4-7(10)3-1-2-6-9-7/h5H,1-4,6H2,10H3. The normalized spacial score (nSPS) is 34.0. The minimum Gasteiger partial charge on any atom is -0.379 e. The summed E-state index contributed by atoms with van der Waals surface area (Å²) in [6.07, 6.45) is 5.09. The van der Waals surface area contributed by atoms with Crippen molar-refractivity contribution in [2.45, 2.75) is 30.9 Å². The van der Waals surface area contributed by atoms with Gasteiger partial charge in [0.05, 0.1) is 5.22 Å². The van der Waals surface area contributed by atoms with Crippen LogP contribution < -0.4 is 0 Å². The summed E-state index contributed by atoms with van der Waals surface area (Å²) in [5.41, 5.74) is 0. The van der Waals surface area contributed by atoms with Crippen molar-refractivity contribution in [3.8, 4) is 0 Å². The number of carbonyl (C=O) groups is 1. The first-order valence-electron chi connectivity index (χ1n) is 3.84. The zero-order valence-corrected chi connectivity index (χ0v) is 8.43. The molecule has 1 rings (SSSR count). The molecule has 1 aliphatic heterocycles. The Morgan fingerprint density at radius 1 is 1.60 bits per heavy atom. The lowest BCUT2D eigenvalue weighted by Crippen LogP contribution is -2.37. The van der Waals surface area contributed by atoms with Gasteiger partial charge in [0.25, 0.3) is 0 Å². The molecule has 0 saturated carbocycles. The van der Waals surface area contributed by atoms with Crippen LogP contribution in [-0.2, 0) is 9.53 Å². The third kappa shape index (κ3) is 1.92. The molecule has 0 bridgehead atoms. The predicted octanol–water partition coefficient (Wildman–Crippen LogP) is -0.162. The highest BCUT2D eigenvalue weighted by molar-refractivity contribution is 6.15. The Hall–Kier alpha value is -0.153. The fourth-order valence-corrected chi connectivity index (χ4v) is 2.05. The second-order valence-electron chi connectivity index (χ2n) is 3.13. The van der Waals surface area contributed by atoms with Crippen molar-refractivity contribution in [2.75, 3.05) is 6.61 Å². The molecule has 2 nitrogen and oxygen atoms in total. The van der Waals surface area contributed by atoms with Crippen LogP contribution in [0.25, 0.3) is 0 Å². The largest absolute Gasteiger partial charge is 0.379 e. The van der Waals surface area contributed by atoms with Gasteiger partial charge in [0, 0.05) is 23.3 Å². The molecule has 58 valence electrons. The van der Waals surface area contributed by atoms with Gasteiger partial charge in [-0.25, -0.2) is 0 Å². The number of hydrogen-bond donors (Lipinski definition) is 0. The van der Waals surface area contributed by atoms with E-state index >= 15 is 0 Å². The van der Waals surface area contributed by atoms with Gasteiger partial charge in [-0.3, -0.25) is 0 Å². The molecule has 0 amide bonds. The molecule has 0 aliphatic carbocycles. The van der Waals surface area contributed by atoms with Crippen molar-refractivity contribution in [1.82, 2.24) is 0 Å². The van der Waals surface area contributed by atoms with Crippen LogP contribution >= 0.6 is 0 Å². The Labute approximate surface area is 64.4 Å². The molecule has 1 atom stereocenters. The molecule has 1 fully saturated rings. The molecule has 0 N–H and O–H groups in total. The van der Waals surface area contributed by atoms with Gasteiger partial charge >= 0.3 is 0 Å². The Kier molecular flexibility index (Phi) is 2.62. The van der Waals surface area contributed by atoms with Crippen LogP contribution in [0.2, 0.25) is 0 Å². The maximum atomic E-state index is 10.2. The maximum Gasteiger partial charge on any atom is 0.122 e. The zero-order chi connectivity index (χ0) is 7.45. The number of carbonyl (C=O) groups excluding carboxylic acids is 1. The van der Waals surface area contributed by atoms with Gasteiger partial charge in [-0.2, -0.15) is 0 Å². The fourth-order valence-electron chi connectivity index (χ4n) is 1.33. The van der Waals surface area contributed by atoms with E-state index in [1.54, 1.807) is 0 Å². The van der Waals surface area contributed by atoms with Crippen molar-refractivity contribution < 1.29 is 9.53 Å². The van der Waals surface area contributed by atoms with Crippen LogP contribution in [0.4, 0.5) is 0 Å². The molecule has 0 aromatic carbocycles. The van der Waals surface area contributed by atoms with Gasteiger partial charge < -0.3 is 9.53 Å². The molecule has 1 heterocycles. The highest BCUT2D eigenvalue weighted by Gasteiger charge is 2.26. The summed E-state index contributed by atoms with van der Waals surface area (Å²) < 4.78 is 5.54. The van der Waals surface area contributed by atoms with E-state index in [9.17, 15) is 4.79 Å². The average Bonchev–Trinajstić information content (AvgIpc) is 1.89. The van der Waals surface area contributed by atoms with Gasteiger partial charge in [0.2, 0.25) is 0 Å². The van der Waals surface area contributed by atoms with Crippen molar-refractivity contribution >= 4 is 16.5 Å². The quantitative estimate of drug-likeness (QED) is 0.412. The van der Waals surface area contributed by atoms with Gasteiger partial charge in [0.1, 0.15) is 6.29 Å². The van der Waals surface area contributed by atoms with Crippen molar-refractivity contribution in [2.24, 2.45) is 0 Å². The summed E-state index contributed by atoms with van der Waals surface area (Å²) >= 11 is 0. The van der Waals surface area contributed by atoms with Crippen LogP contribution in [-0.4, -0.2) is 28.4 Å². The highest BCUT2D eigenvalue weighted by atomic mass is 28.1. The van der Waals surface area contributed by atoms with Gasteiger partial charge in [-0.15, -0.1) is 0 Å². The van der Waals surface area contributed by atoms with E-state index in [-0.39, 0.29) is 5.22 Å². The molecule has 0 aromatic heterocycles. The Morgan fingerprint density at radius 2 is 2.40 bits per heavy atom. The fraction of sp³-hybridized carbons (Fsp3) is 0.857. The van der Waals surface area contributed by atoms with Crippen LogP contribution in [0, 0.1) is 0 Å². The number of rotatable bonds is 2. The highest BCUT2D eigenvalue weighted by Crippen LogP contribution is 2.23. The molecule has 1 aliphatic rings. The zero-order valence-electron chi connectivity index (χ0n) is 6.43. The molecule has 0 spiro atoms. The van der Waals surface area contributed by atoms with E-state index in [0.29, 0.717) is 6.42 Å². The predicted molar refractivity (Wildman–Crippen MR) is 43.2 cm³/mol. The second-order valence-corrected chi connectivity index (χ2v) is 4.95. The van der Waals surface area contributed by atoms with E-state index in [0.717, 1.165) is 29.6 Å². The SMILES string of the molecule is O=CCC1([SiH3])CCCCO1. The third-order valence-electron chi connectivity index (χ3n) is 2.07. The number of aldehydes is 1. The summed E-state index contributed by atoms with van der Waals surface area (Å²) in [5, 5.41) is 0. The Balaban J connectivity index is 2.39. The molecule has 0 aromatic rings. The molecule has 1 saturated heterocycles. The lowest BCUT2D eigenvalue weighted by atomic mass is 10.1. The van der Waals surface area contributed by atoms with Crippen LogP contribution in [0.1, 0.15) is 25.7 Å². The monoisotopic (exact) mass is 158 g/mol. The van der Waals surface area contributed by atoms with E-state index in [4.69, 9.17) is 4.74 Å². The molecule has 3 heteroatoms. The van der Waals surface area contributed by atoms with Crippen LogP contribution in [0.5, 0.6) is 0 Å².